The largest absolute Gasteiger partial charge is 0.381 e. The van der Waals surface area contributed by atoms with Crippen molar-refractivity contribution in [1.29, 1.82) is 0 Å². The average molecular weight is 280 g/mol. The van der Waals surface area contributed by atoms with E-state index < -0.39 is 0 Å². The van der Waals surface area contributed by atoms with Crippen molar-refractivity contribution in [3.63, 3.8) is 0 Å². The molecular formula is C15H24N2OS. The Morgan fingerprint density at radius 2 is 1.95 bits per heavy atom. The minimum absolute atomic E-state index is 0.341. The number of piperidine rings is 1. The quantitative estimate of drug-likeness (QED) is 0.841. The van der Waals surface area contributed by atoms with Gasteiger partial charge in [0.15, 0.2) is 0 Å². The van der Waals surface area contributed by atoms with E-state index in [0.29, 0.717) is 18.7 Å². The van der Waals surface area contributed by atoms with E-state index in [4.69, 9.17) is 10.5 Å². The molecule has 0 radical (unpaired) electrons. The monoisotopic (exact) mass is 280 g/mol. The first-order valence-corrected chi connectivity index (χ1v) is 8.11. The lowest BCUT2D eigenvalue weighted by Gasteiger charge is -2.36. The molecule has 1 heterocycles. The van der Waals surface area contributed by atoms with E-state index >= 15 is 0 Å². The molecule has 0 bridgehead atoms. The van der Waals surface area contributed by atoms with Gasteiger partial charge >= 0.3 is 0 Å². The molecule has 1 atom stereocenters. The fraction of sp³-hybridized carbons (Fsp3) is 0.600. The Bertz CT molecular complexity index is 374. The number of likely N-dealkylation sites (tertiary alicyclic amines) is 1. The number of rotatable bonds is 5. The Balaban J connectivity index is 2.03. The molecule has 106 valence electrons. The van der Waals surface area contributed by atoms with Crippen molar-refractivity contribution in [2.75, 3.05) is 33.0 Å². The topological polar surface area (TPSA) is 38.5 Å². The van der Waals surface area contributed by atoms with Crippen LogP contribution in [0.5, 0.6) is 0 Å². The molecule has 1 aromatic carbocycles. The summed E-state index contributed by atoms with van der Waals surface area (Å²) in [5, 5.41) is 0. The molecule has 19 heavy (non-hydrogen) atoms. The van der Waals surface area contributed by atoms with Gasteiger partial charge in [-0.05, 0) is 36.8 Å². The molecule has 1 fully saturated rings. The molecule has 2 N–H and O–H groups in total. The summed E-state index contributed by atoms with van der Waals surface area (Å²) in [7, 11) is 1.81. The van der Waals surface area contributed by atoms with Gasteiger partial charge in [0.1, 0.15) is 0 Å². The second-order valence-corrected chi connectivity index (χ2v) is 5.88. The Labute approximate surface area is 120 Å². The van der Waals surface area contributed by atoms with Gasteiger partial charge in [-0.25, -0.2) is 0 Å². The number of hydrogen-bond donors (Lipinski definition) is 1. The summed E-state index contributed by atoms with van der Waals surface area (Å²) < 4.78 is 5.43. The van der Waals surface area contributed by atoms with Gasteiger partial charge in [-0.3, -0.25) is 4.90 Å². The highest BCUT2D eigenvalue weighted by atomic mass is 32.2. The van der Waals surface area contributed by atoms with Crippen LogP contribution >= 0.6 is 11.8 Å². The first-order chi connectivity index (χ1) is 9.28. The molecule has 0 spiro atoms. The summed E-state index contributed by atoms with van der Waals surface area (Å²) in [5.74, 6) is 0. The van der Waals surface area contributed by atoms with Crippen LogP contribution in [0.25, 0.3) is 0 Å². The lowest BCUT2D eigenvalue weighted by Crippen LogP contribution is -2.41. The maximum Gasteiger partial charge on any atom is 0.0595 e. The molecule has 0 amide bonds. The Morgan fingerprint density at radius 3 is 2.42 bits per heavy atom. The molecule has 1 aliphatic rings. The lowest BCUT2D eigenvalue weighted by molar-refractivity contribution is 0.0280. The van der Waals surface area contributed by atoms with Crippen LogP contribution in [0.15, 0.2) is 29.2 Å². The number of hydrogen-bond acceptors (Lipinski definition) is 4. The van der Waals surface area contributed by atoms with E-state index in [1.165, 1.54) is 10.5 Å². The van der Waals surface area contributed by atoms with Gasteiger partial charge < -0.3 is 10.5 Å². The molecular weight excluding hydrogens is 256 g/mol. The smallest absolute Gasteiger partial charge is 0.0595 e. The predicted octanol–water partition coefficient (Wildman–Crippen LogP) is 2.52. The second-order valence-electron chi connectivity index (χ2n) is 5.00. The number of nitrogens with zero attached hydrogens (tertiary/aromatic N) is 1. The molecule has 0 aliphatic carbocycles. The maximum atomic E-state index is 6.00. The maximum absolute atomic E-state index is 6.00. The zero-order valence-corrected chi connectivity index (χ0v) is 12.7. The van der Waals surface area contributed by atoms with Gasteiger partial charge in [0.2, 0.25) is 0 Å². The van der Waals surface area contributed by atoms with E-state index in [9.17, 15) is 0 Å². The van der Waals surface area contributed by atoms with Crippen LogP contribution in [0.2, 0.25) is 0 Å². The summed E-state index contributed by atoms with van der Waals surface area (Å²) in [6.07, 6.45) is 4.74. The third-order valence-corrected chi connectivity index (χ3v) is 4.72. The number of ether oxygens (including phenoxy) is 1. The zero-order valence-electron chi connectivity index (χ0n) is 11.8. The van der Waals surface area contributed by atoms with Crippen LogP contribution < -0.4 is 5.73 Å². The number of thioether (sulfide) groups is 1. The molecule has 1 aromatic rings. The Hall–Kier alpha value is -0.550. The molecule has 1 unspecified atom stereocenters. The van der Waals surface area contributed by atoms with E-state index in [1.54, 1.807) is 11.8 Å². The number of nitrogens with two attached hydrogens (primary N) is 1. The van der Waals surface area contributed by atoms with Crippen molar-refractivity contribution >= 4 is 11.8 Å². The van der Waals surface area contributed by atoms with Crippen LogP contribution in [0.3, 0.4) is 0 Å². The van der Waals surface area contributed by atoms with Crippen LogP contribution in [-0.4, -0.2) is 44.0 Å². The van der Waals surface area contributed by atoms with E-state index in [-0.39, 0.29) is 0 Å². The van der Waals surface area contributed by atoms with Crippen molar-refractivity contribution in [3.05, 3.63) is 29.8 Å². The van der Waals surface area contributed by atoms with Gasteiger partial charge in [-0.15, -0.1) is 11.8 Å². The summed E-state index contributed by atoms with van der Waals surface area (Å²) >= 11 is 1.77. The number of benzene rings is 1. The predicted molar refractivity (Wildman–Crippen MR) is 81.6 cm³/mol. The number of methoxy groups -OCH3 is 1. The highest BCUT2D eigenvalue weighted by molar-refractivity contribution is 7.98. The lowest BCUT2D eigenvalue weighted by atomic mass is 10.0. The van der Waals surface area contributed by atoms with Gasteiger partial charge in [-0.2, -0.15) is 0 Å². The van der Waals surface area contributed by atoms with Gasteiger partial charge in [-0.1, -0.05) is 12.1 Å². The third-order valence-electron chi connectivity index (χ3n) is 3.97. The summed E-state index contributed by atoms with van der Waals surface area (Å²) in [6.45, 7) is 2.82. The SMILES string of the molecule is COC1CCN(C(CN)c2ccc(SC)cc2)CC1. The fourth-order valence-electron chi connectivity index (χ4n) is 2.75. The molecule has 2 rings (SSSR count). The summed E-state index contributed by atoms with van der Waals surface area (Å²) in [6, 6.07) is 9.14. The molecule has 0 aromatic heterocycles. The standard InChI is InChI=1S/C15H24N2OS/c1-18-13-7-9-17(10-8-13)15(11-16)12-3-5-14(19-2)6-4-12/h3-6,13,15H,7-11,16H2,1-2H3. The first-order valence-electron chi connectivity index (χ1n) is 6.89. The molecule has 1 aliphatic heterocycles. The van der Waals surface area contributed by atoms with Crippen LogP contribution in [0, 0.1) is 0 Å². The van der Waals surface area contributed by atoms with Crippen molar-refractivity contribution < 1.29 is 4.74 Å². The minimum Gasteiger partial charge on any atom is -0.381 e. The van der Waals surface area contributed by atoms with Gasteiger partial charge in [0, 0.05) is 37.7 Å². The molecule has 3 nitrogen and oxygen atoms in total. The van der Waals surface area contributed by atoms with Crippen LogP contribution in [-0.2, 0) is 4.74 Å². The Morgan fingerprint density at radius 1 is 1.32 bits per heavy atom. The average Bonchev–Trinajstić information content (AvgIpc) is 2.49. The fourth-order valence-corrected chi connectivity index (χ4v) is 3.15. The zero-order chi connectivity index (χ0) is 13.7. The van der Waals surface area contributed by atoms with Crippen LogP contribution in [0.4, 0.5) is 0 Å². The highest BCUT2D eigenvalue weighted by Crippen LogP contribution is 2.26. The van der Waals surface area contributed by atoms with Gasteiger partial charge in [0.05, 0.1) is 6.10 Å². The third kappa shape index (κ3) is 3.72. The van der Waals surface area contributed by atoms with Crippen LogP contribution in [0.1, 0.15) is 24.4 Å². The molecule has 1 saturated heterocycles. The second kappa shape index (κ2) is 7.29. The van der Waals surface area contributed by atoms with Crippen molar-refractivity contribution in [2.24, 2.45) is 5.73 Å². The van der Waals surface area contributed by atoms with E-state index in [2.05, 4.69) is 35.4 Å². The highest BCUT2D eigenvalue weighted by Gasteiger charge is 2.25. The van der Waals surface area contributed by atoms with E-state index in [1.807, 2.05) is 7.11 Å². The van der Waals surface area contributed by atoms with E-state index in [0.717, 1.165) is 25.9 Å². The van der Waals surface area contributed by atoms with Crippen molar-refractivity contribution in [1.82, 2.24) is 4.90 Å². The summed E-state index contributed by atoms with van der Waals surface area (Å²) in [4.78, 5) is 3.79. The summed E-state index contributed by atoms with van der Waals surface area (Å²) in [5.41, 5.74) is 7.33. The van der Waals surface area contributed by atoms with Gasteiger partial charge in [0.25, 0.3) is 0 Å². The first kappa shape index (κ1) is 14.9. The Kier molecular flexibility index (Phi) is 5.70. The normalized spacial score (nSPS) is 19.5. The van der Waals surface area contributed by atoms with Crippen molar-refractivity contribution in [2.45, 2.75) is 29.9 Å². The van der Waals surface area contributed by atoms with Crippen molar-refractivity contribution in [3.8, 4) is 0 Å². The minimum atomic E-state index is 0.341. The molecule has 4 heteroatoms. The molecule has 0 saturated carbocycles.